The second kappa shape index (κ2) is 6.23. The summed E-state index contributed by atoms with van der Waals surface area (Å²) >= 11 is 0. The first-order valence-corrected chi connectivity index (χ1v) is 7.78. The van der Waals surface area contributed by atoms with Crippen LogP contribution < -0.4 is 0 Å². The number of hydrogen-bond donors (Lipinski definition) is 0. The zero-order valence-electron chi connectivity index (χ0n) is 13.7. The second-order valence-corrected chi connectivity index (χ2v) is 7.21. The molecule has 0 aliphatic carbocycles. The smallest absolute Gasteiger partial charge is 0.0457 e. The van der Waals surface area contributed by atoms with Crippen molar-refractivity contribution >= 4 is 0 Å². The molecule has 0 atom stereocenters. The Kier molecular flexibility index (Phi) is 4.82. The summed E-state index contributed by atoms with van der Waals surface area (Å²) in [4.78, 5) is 9.71. The Morgan fingerprint density at radius 2 is 1.75 bits per heavy atom. The van der Waals surface area contributed by atoms with Crippen molar-refractivity contribution in [2.75, 3.05) is 26.2 Å². The van der Waals surface area contributed by atoms with Gasteiger partial charge in [0.05, 0.1) is 0 Å². The summed E-state index contributed by atoms with van der Waals surface area (Å²) in [6, 6.07) is 5.09. The van der Waals surface area contributed by atoms with Gasteiger partial charge in [0.1, 0.15) is 0 Å². The van der Waals surface area contributed by atoms with Crippen LogP contribution >= 0.6 is 0 Å². The monoisotopic (exact) mass is 275 g/mol. The highest BCUT2D eigenvalue weighted by atomic mass is 15.3. The molecular weight excluding hydrogens is 246 g/mol. The van der Waals surface area contributed by atoms with E-state index < -0.39 is 0 Å². The molecule has 0 bridgehead atoms. The van der Waals surface area contributed by atoms with Gasteiger partial charge < -0.3 is 0 Å². The molecule has 20 heavy (non-hydrogen) atoms. The molecule has 1 fully saturated rings. The zero-order chi connectivity index (χ0) is 14.8. The molecule has 2 heterocycles. The van der Waals surface area contributed by atoms with Gasteiger partial charge in [0.2, 0.25) is 0 Å². The SMILES string of the molecule is CC(C)N1CCN(Cc2ccc(C(C)(C)C)nc2)CC1. The molecule has 2 rings (SSSR count). The maximum atomic E-state index is 4.62. The van der Waals surface area contributed by atoms with Crippen LogP contribution in [0.15, 0.2) is 18.3 Å². The van der Waals surface area contributed by atoms with E-state index in [-0.39, 0.29) is 5.41 Å². The van der Waals surface area contributed by atoms with E-state index in [1.807, 2.05) is 0 Å². The number of hydrogen-bond acceptors (Lipinski definition) is 3. The van der Waals surface area contributed by atoms with Crippen molar-refractivity contribution in [2.45, 2.75) is 52.6 Å². The summed E-state index contributed by atoms with van der Waals surface area (Å²) in [6.07, 6.45) is 2.05. The maximum Gasteiger partial charge on any atom is 0.0457 e. The van der Waals surface area contributed by atoms with Crippen LogP contribution in [0.5, 0.6) is 0 Å². The van der Waals surface area contributed by atoms with E-state index in [1.54, 1.807) is 0 Å². The highest BCUT2D eigenvalue weighted by Crippen LogP contribution is 2.20. The van der Waals surface area contributed by atoms with Gasteiger partial charge in [-0.25, -0.2) is 0 Å². The molecule has 0 N–H and O–H groups in total. The lowest BCUT2D eigenvalue weighted by molar-refractivity contribution is 0.104. The van der Waals surface area contributed by atoms with E-state index in [1.165, 1.54) is 37.4 Å². The largest absolute Gasteiger partial charge is 0.298 e. The number of rotatable bonds is 3. The van der Waals surface area contributed by atoms with E-state index >= 15 is 0 Å². The molecule has 112 valence electrons. The lowest BCUT2D eigenvalue weighted by Gasteiger charge is -2.36. The van der Waals surface area contributed by atoms with Gasteiger partial charge in [0, 0.05) is 56.1 Å². The van der Waals surface area contributed by atoms with Crippen molar-refractivity contribution in [3.05, 3.63) is 29.6 Å². The minimum absolute atomic E-state index is 0.140. The molecule has 0 amide bonds. The first-order chi connectivity index (χ1) is 9.36. The van der Waals surface area contributed by atoms with Crippen molar-refractivity contribution in [1.82, 2.24) is 14.8 Å². The molecule has 3 nitrogen and oxygen atoms in total. The second-order valence-electron chi connectivity index (χ2n) is 7.21. The predicted octanol–water partition coefficient (Wildman–Crippen LogP) is 2.91. The van der Waals surface area contributed by atoms with Crippen LogP contribution in [0.1, 0.15) is 45.9 Å². The highest BCUT2D eigenvalue weighted by molar-refractivity contribution is 5.19. The quantitative estimate of drug-likeness (QED) is 0.845. The summed E-state index contributed by atoms with van der Waals surface area (Å²) in [5, 5.41) is 0. The Balaban J connectivity index is 1.89. The molecule has 0 aromatic carbocycles. The molecule has 0 saturated carbocycles. The Morgan fingerprint density at radius 3 is 2.20 bits per heavy atom. The van der Waals surface area contributed by atoms with Gasteiger partial charge in [-0.05, 0) is 25.5 Å². The van der Waals surface area contributed by atoms with Crippen LogP contribution in [-0.2, 0) is 12.0 Å². The van der Waals surface area contributed by atoms with Crippen LogP contribution in [-0.4, -0.2) is 47.0 Å². The van der Waals surface area contributed by atoms with Crippen LogP contribution in [0.4, 0.5) is 0 Å². The fourth-order valence-corrected chi connectivity index (χ4v) is 2.66. The Morgan fingerprint density at radius 1 is 1.10 bits per heavy atom. The molecule has 1 saturated heterocycles. The lowest BCUT2D eigenvalue weighted by atomic mass is 9.91. The van der Waals surface area contributed by atoms with Crippen LogP contribution in [0.2, 0.25) is 0 Å². The van der Waals surface area contributed by atoms with Crippen molar-refractivity contribution < 1.29 is 0 Å². The van der Waals surface area contributed by atoms with E-state index in [2.05, 4.69) is 67.7 Å². The molecule has 0 radical (unpaired) electrons. The first-order valence-electron chi connectivity index (χ1n) is 7.78. The Hall–Kier alpha value is -0.930. The standard InChI is InChI=1S/C17H29N3/c1-14(2)20-10-8-19(9-11-20)13-15-6-7-16(18-12-15)17(3,4)5/h6-7,12,14H,8-11,13H2,1-5H3. The molecule has 0 unspecified atom stereocenters. The van der Waals surface area contributed by atoms with Gasteiger partial charge in [0.15, 0.2) is 0 Å². The van der Waals surface area contributed by atoms with E-state index in [4.69, 9.17) is 0 Å². The molecule has 3 heteroatoms. The van der Waals surface area contributed by atoms with E-state index in [0.717, 1.165) is 6.54 Å². The normalized spacial score (nSPS) is 18.7. The molecule has 1 aromatic heterocycles. The van der Waals surface area contributed by atoms with Crippen LogP contribution in [0, 0.1) is 0 Å². The van der Waals surface area contributed by atoms with Gasteiger partial charge in [-0.2, -0.15) is 0 Å². The topological polar surface area (TPSA) is 19.4 Å². The first kappa shape index (κ1) is 15.5. The third-order valence-corrected chi connectivity index (χ3v) is 4.14. The van der Waals surface area contributed by atoms with Crippen molar-refractivity contribution in [3.8, 4) is 0 Å². The summed E-state index contributed by atoms with van der Waals surface area (Å²) in [5.74, 6) is 0. The molecule has 1 aliphatic rings. The van der Waals surface area contributed by atoms with Crippen LogP contribution in [0.3, 0.4) is 0 Å². The minimum Gasteiger partial charge on any atom is -0.298 e. The number of aromatic nitrogens is 1. The average molecular weight is 275 g/mol. The third kappa shape index (κ3) is 4.03. The fourth-order valence-electron chi connectivity index (χ4n) is 2.66. The molecule has 1 aromatic rings. The Bertz CT molecular complexity index is 409. The van der Waals surface area contributed by atoms with Crippen molar-refractivity contribution in [3.63, 3.8) is 0 Å². The Labute approximate surface area is 124 Å². The average Bonchev–Trinajstić information content (AvgIpc) is 2.39. The van der Waals surface area contributed by atoms with Gasteiger partial charge in [0.25, 0.3) is 0 Å². The van der Waals surface area contributed by atoms with Gasteiger partial charge in [-0.3, -0.25) is 14.8 Å². The predicted molar refractivity (Wildman–Crippen MR) is 84.9 cm³/mol. The minimum atomic E-state index is 0.140. The zero-order valence-corrected chi connectivity index (χ0v) is 13.7. The van der Waals surface area contributed by atoms with Crippen molar-refractivity contribution in [1.29, 1.82) is 0 Å². The number of nitrogens with zero attached hydrogens (tertiary/aromatic N) is 3. The fraction of sp³-hybridized carbons (Fsp3) is 0.706. The lowest BCUT2D eigenvalue weighted by Crippen LogP contribution is -2.48. The van der Waals surface area contributed by atoms with E-state index in [9.17, 15) is 0 Å². The number of piperazine rings is 1. The summed E-state index contributed by atoms with van der Waals surface area (Å²) in [5.41, 5.74) is 2.64. The van der Waals surface area contributed by atoms with E-state index in [0.29, 0.717) is 6.04 Å². The van der Waals surface area contributed by atoms with Crippen LogP contribution in [0.25, 0.3) is 0 Å². The highest BCUT2D eigenvalue weighted by Gasteiger charge is 2.19. The van der Waals surface area contributed by atoms with Gasteiger partial charge >= 0.3 is 0 Å². The maximum absolute atomic E-state index is 4.62. The third-order valence-electron chi connectivity index (χ3n) is 4.14. The van der Waals surface area contributed by atoms with Crippen molar-refractivity contribution in [2.24, 2.45) is 0 Å². The summed E-state index contributed by atoms with van der Waals surface area (Å²) < 4.78 is 0. The molecular formula is C17H29N3. The summed E-state index contributed by atoms with van der Waals surface area (Å²) in [6.45, 7) is 16.9. The van der Waals surface area contributed by atoms with Gasteiger partial charge in [-0.15, -0.1) is 0 Å². The van der Waals surface area contributed by atoms with Gasteiger partial charge in [-0.1, -0.05) is 26.8 Å². The molecule has 0 spiro atoms. The summed E-state index contributed by atoms with van der Waals surface area (Å²) in [7, 11) is 0. The molecule has 1 aliphatic heterocycles. The number of pyridine rings is 1.